The molecule has 3 aromatic rings. The number of hydrogen-bond acceptors (Lipinski definition) is 2. The minimum atomic E-state index is -0.380. The van der Waals surface area contributed by atoms with E-state index in [4.69, 9.17) is 0 Å². The van der Waals surface area contributed by atoms with Crippen LogP contribution in [0, 0.1) is 11.7 Å². The van der Waals surface area contributed by atoms with Crippen LogP contribution in [0.1, 0.15) is 43.1 Å². The second-order valence-corrected chi connectivity index (χ2v) is 7.87. The van der Waals surface area contributed by atoms with Crippen molar-refractivity contribution in [2.75, 3.05) is 0 Å². The summed E-state index contributed by atoms with van der Waals surface area (Å²) in [5.74, 6) is -0.147. The van der Waals surface area contributed by atoms with Crippen molar-refractivity contribution in [3.63, 3.8) is 0 Å². The van der Waals surface area contributed by atoms with E-state index in [1.54, 1.807) is 18.2 Å². The van der Waals surface area contributed by atoms with E-state index in [-0.39, 0.29) is 22.8 Å². The first kappa shape index (κ1) is 19.0. The standard InChI is InChI=1S/C23H25FN2O/c1-16(12-17-8-5-4-6-9-17)14-23(2,3)26-22(27)19-13-18-10-7-11-20(24)21(18)25-15-19/h4-11,13,15-16H,12,14H2,1-3H3,(H,26,27)/t16-/m1/s1. The zero-order chi connectivity index (χ0) is 19.4. The minimum absolute atomic E-state index is 0.189. The van der Waals surface area contributed by atoms with E-state index in [1.165, 1.54) is 17.8 Å². The Labute approximate surface area is 159 Å². The Hall–Kier alpha value is -2.75. The average Bonchev–Trinajstić information content (AvgIpc) is 2.61. The quantitative estimate of drug-likeness (QED) is 0.657. The summed E-state index contributed by atoms with van der Waals surface area (Å²) in [7, 11) is 0. The predicted molar refractivity (Wildman–Crippen MR) is 107 cm³/mol. The summed E-state index contributed by atoms with van der Waals surface area (Å²) in [6.45, 7) is 6.25. The molecular formula is C23H25FN2O. The fourth-order valence-corrected chi connectivity index (χ4v) is 3.64. The van der Waals surface area contributed by atoms with Gasteiger partial charge in [-0.05, 0) is 50.3 Å². The van der Waals surface area contributed by atoms with Gasteiger partial charge in [0.05, 0.1) is 5.56 Å². The molecule has 0 radical (unpaired) electrons. The average molecular weight is 364 g/mol. The van der Waals surface area contributed by atoms with E-state index in [0.29, 0.717) is 16.9 Å². The van der Waals surface area contributed by atoms with Crippen molar-refractivity contribution < 1.29 is 9.18 Å². The van der Waals surface area contributed by atoms with Gasteiger partial charge in [-0.3, -0.25) is 9.78 Å². The third-order valence-corrected chi connectivity index (χ3v) is 4.66. The highest BCUT2D eigenvalue weighted by Gasteiger charge is 2.24. The second kappa shape index (κ2) is 7.87. The number of halogens is 1. The Morgan fingerprint density at radius 2 is 1.89 bits per heavy atom. The Bertz CT molecular complexity index is 938. The van der Waals surface area contributed by atoms with Crippen LogP contribution in [-0.4, -0.2) is 16.4 Å². The van der Waals surface area contributed by atoms with Gasteiger partial charge in [0, 0.05) is 17.1 Å². The van der Waals surface area contributed by atoms with E-state index in [0.717, 1.165) is 12.8 Å². The molecule has 0 aliphatic rings. The molecule has 1 amide bonds. The molecule has 2 aromatic carbocycles. The number of benzene rings is 2. The molecule has 1 N–H and O–H groups in total. The maximum atomic E-state index is 13.7. The van der Waals surface area contributed by atoms with Gasteiger partial charge in [0.25, 0.3) is 5.91 Å². The van der Waals surface area contributed by atoms with Crippen LogP contribution in [0.4, 0.5) is 4.39 Å². The zero-order valence-corrected chi connectivity index (χ0v) is 16.0. The predicted octanol–water partition coefficient (Wildman–Crippen LogP) is 5.15. The van der Waals surface area contributed by atoms with E-state index in [9.17, 15) is 9.18 Å². The number of carbonyl (C=O) groups excluding carboxylic acids is 1. The van der Waals surface area contributed by atoms with Crippen LogP contribution in [0.25, 0.3) is 10.9 Å². The van der Waals surface area contributed by atoms with E-state index < -0.39 is 0 Å². The molecule has 140 valence electrons. The molecule has 0 spiro atoms. The first-order chi connectivity index (χ1) is 12.8. The number of nitrogens with zero attached hydrogens (tertiary/aromatic N) is 1. The highest BCUT2D eigenvalue weighted by Crippen LogP contribution is 2.21. The van der Waals surface area contributed by atoms with Gasteiger partial charge in [-0.15, -0.1) is 0 Å². The van der Waals surface area contributed by atoms with Gasteiger partial charge < -0.3 is 5.32 Å². The molecule has 0 bridgehead atoms. The summed E-state index contributed by atoms with van der Waals surface area (Å²) in [6, 6.07) is 16.8. The van der Waals surface area contributed by atoms with Gasteiger partial charge in [-0.1, -0.05) is 49.4 Å². The molecule has 1 heterocycles. The summed E-state index contributed by atoms with van der Waals surface area (Å²) < 4.78 is 13.7. The van der Waals surface area contributed by atoms with Crippen LogP contribution >= 0.6 is 0 Å². The van der Waals surface area contributed by atoms with Gasteiger partial charge in [-0.25, -0.2) is 4.39 Å². The third kappa shape index (κ3) is 4.91. The molecule has 0 aliphatic carbocycles. The summed E-state index contributed by atoms with van der Waals surface area (Å²) in [4.78, 5) is 16.8. The third-order valence-electron chi connectivity index (χ3n) is 4.66. The van der Waals surface area contributed by atoms with Crippen LogP contribution in [0.15, 0.2) is 60.8 Å². The molecule has 0 saturated heterocycles. The highest BCUT2D eigenvalue weighted by atomic mass is 19.1. The number of pyridine rings is 1. The molecule has 1 atom stereocenters. The topological polar surface area (TPSA) is 42.0 Å². The molecule has 0 saturated carbocycles. The van der Waals surface area contributed by atoms with Crippen LogP contribution in [0.2, 0.25) is 0 Å². The lowest BCUT2D eigenvalue weighted by molar-refractivity contribution is 0.0902. The molecule has 1 aromatic heterocycles. The molecule has 3 rings (SSSR count). The fourth-order valence-electron chi connectivity index (χ4n) is 3.64. The number of aromatic nitrogens is 1. The molecule has 0 fully saturated rings. The number of hydrogen-bond donors (Lipinski definition) is 1. The second-order valence-electron chi connectivity index (χ2n) is 7.87. The summed E-state index contributed by atoms with van der Waals surface area (Å²) in [6.07, 6.45) is 3.25. The lowest BCUT2D eigenvalue weighted by Crippen LogP contribution is -2.44. The Balaban J connectivity index is 1.66. The molecule has 0 aliphatic heterocycles. The van der Waals surface area contributed by atoms with Gasteiger partial charge in [0.1, 0.15) is 11.3 Å². The number of para-hydroxylation sites is 1. The Morgan fingerprint density at radius 3 is 2.63 bits per heavy atom. The van der Waals surface area contributed by atoms with Crippen LogP contribution < -0.4 is 5.32 Å². The van der Waals surface area contributed by atoms with Gasteiger partial charge in [-0.2, -0.15) is 0 Å². The summed E-state index contributed by atoms with van der Waals surface area (Å²) in [5, 5.41) is 3.72. The van der Waals surface area contributed by atoms with Crippen LogP contribution in [0.3, 0.4) is 0 Å². The van der Waals surface area contributed by atoms with Gasteiger partial charge in [0.15, 0.2) is 0 Å². The smallest absolute Gasteiger partial charge is 0.253 e. The largest absolute Gasteiger partial charge is 0.347 e. The number of amides is 1. The number of rotatable bonds is 6. The maximum absolute atomic E-state index is 13.7. The Kier molecular flexibility index (Phi) is 5.54. The van der Waals surface area contributed by atoms with Gasteiger partial charge >= 0.3 is 0 Å². The van der Waals surface area contributed by atoms with Crippen molar-refractivity contribution in [1.82, 2.24) is 10.3 Å². The van der Waals surface area contributed by atoms with Crippen LogP contribution in [-0.2, 0) is 6.42 Å². The van der Waals surface area contributed by atoms with E-state index in [2.05, 4.69) is 29.4 Å². The van der Waals surface area contributed by atoms with E-state index in [1.807, 2.05) is 32.0 Å². The van der Waals surface area contributed by atoms with Crippen molar-refractivity contribution in [3.8, 4) is 0 Å². The molecule has 27 heavy (non-hydrogen) atoms. The van der Waals surface area contributed by atoms with Crippen molar-refractivity contribution in [3.05, 3.63) is 77.7 Å². The monoisotopic (exact) mass is 364 g/mol. The molecule has 3 nitrogen and oxygen atoms in total. The molecule has 0 unspecified atom stereocenters. The number of fused-ring (bicyclic) bond motifs is 1. The first-order valence-electron chi connectivity index (χ1n) is 9.25. The first-order valence-corrected chi connectivity index (χ1v) is 9.25. The summed E-state index contributed by atoms with van der Waals surface area (Å²) in [5.41, 5.74) is 1.66. The Morgan fingerprint density at radius 1 is 1.15 bits per heavy atom. The van der Waals surface area contributed by atoms with Crippen LogP contribution in [0.5, 0.6) is 0 Å². The van der Waals surface area contributed by atoms with Crippen molar-refractivity contribution in [2.24, 2.45) is 5.92 Å². The van der Waals surface area contributed by atoms with E-state index >= 15 is 0 Å². The lowest BCUT2D eigenvalue weighted by atomic mass is 9.87. The lowest BCUT2D eigenvalue weighted by Gasteiger charge is -2.29. The van der Waals surface area contributed by atoms with Gasteiger partial charge in [0.2, 0.25) is 0 Å². The minimum Gasteiger partial charge on any atom is -0.347 e. The fraction of sp³-hybridized carbons (Fsp3) is 0.304. The normalized spacial score (nSPS) is 12.7. The van der Waals surface area contributed by atoms with Crippen molar-refractivity contribution in [1.29, 1.82) is 0 Å². The number of carbonyl (C=O) groups is 1. The highest BCUT2D eigenvalue weighted by molar-refractivity contribution is 5.97. The summed E-state index contributed by atoms with van der Waals surface area (Å²) >= 11 is 0. The SMILES string of the molecule is C[C@H](Cc1ccccc1)CC(C)(C)NC(=O)c1cnc2c(F)cccc2c1. The van der Waals surface area contributed by atoms with Crippen molar-refractivity contribution in [2.45, 2.75) is 39.2 Å². The molecular weight excluding hydrogens is 339 g/mol. The maximum Gasteiger partial charge on any atom is 0.253 e. The number of nitrogens with one attached hydrogen (secondary N) is 1. The van der Waals surface area contributed by atoms with Crippen molar-refractivity contribution >= 4 is 16.8 Å². The molecule has 4 heteroatoms. The zero-order valence-electron chi connectivity index (χ0n) is 16.0.